The molecule has 0 heterocycles. The van der Waals surface area contributed by atoms with Crippen molar-refractivity contribution in [3.63, 3.8) is 0 Å². The highest BCUT2D eigenvalue weighted by molar-refractivity contribution is 5.96. The van der Waals surface area contributed by atoms with Crippen molar-refractivity contribution in [2.24, 2.45) is 5.73 Å². The van der Waals surface area contributed by atoms with Crippen LogP contribution in [0.25, 0.3) is 11.1 Å². The molecule has 1 amide bonds. The maximum absolute atomic E-state index is 13.9. The molecular weight excluding hydrogens is 233 g/mol. The van der Waals surface area contributed by atoms with Gasteiger partial charge in [0, 0.05) is 5.56 Å². The third-order valence-electron chi connectivity index (χ3n) is 2.76. The van der Waals surface area contributed by atoms with Gasteiger partial charge >= 0.3 is 0 Å². The molecule has 0 aliphatic rings. The second-order valence-corrected chi connectivity index (χ2v) is 4.03. The Labute approximate surface area is 104 Å². The molecule has 0 bridgehead atoms. The van der Waals surface area contributed by atoms with Crippen molar-refractivity contribution in [3.8, 4) is 16.9 Å². The molecule has 0 aromatic heterocycles. The summed E-state index contributed by atoms with van der Waals surface area (Å²) in [5.41, 5.74) is 6.51. The molecule has 0 spiro atoms. The first-order valence-electron chi connectivity index (χ1n) is 5.39. The van der Waals surface area contributed by atoms with Gasteiger partial charge in [0.05, 0.1) is 5.56 Å². The van der Waals surface area contributed by atoms with E-state index in [0.717, 1.165) is 0 Å². The molecule has 4 heteroatoms. The van der Waals surface area contributed by atoms with Gasteiger partial charge in [-0.2, -0.15) is 0 Å². The van der Waals surface area contributed by atoms with Crippen LogP contribution in [-0.2, 0) is 0 Å². The maximum atomic E-state index is 13.9. The van der Waals surface area contributed by atoms with E-state index in [-0.39, 0.29) is 17.1 Å². The number of phenols is 1. The minimum Gasteiger partial charge on any atom is -0.507 e. The summed E-state index contributed by atoms with van der Waals surface area (Å²) in [4.78, 5) is 11.1. The molecule has 3 N–H and O–H groups in total. The molecule has 0 saturated heterocycles. The van der Waals surface area contributed by atoms with E-state index in [1.807, 2.05) is 0 Å². The van der Waals surface area contributed by atoms with Crippen LogP contribution in [0, 0.1) is 12.7 Å². The SMILES string of the molecule is Cc1cccc(-c2ccc(O)c(C(N)=O)c2)c1F. The number of benzene rings is 2. The first-order chi connectivity index (χ1) is 8.50. The zero-order valence-corrected chi connectivity index (χ0v) is 9.77. The van der Waals surface area contributed by atoms with Crippen LogP contribution >= 0.6 is 0 Å². The normalized spacial score (nSPS) is 10.3. The van der Waals surface area contributed by atoms with Crippen LogP contribution in [0.4, 0.5) is 4.39 Å². The van der Waals surface area contributed by atoms with Crippen molar-refractivity contribution < 1.29 is 14.3 Å². The highest BCUT2D eigenvalue weighted by Crippen LogP contribution is 2.28. The van der Waals surface area contributed by atoms with Crippen molar-refractivity contribution in [3.05, 3.63) is 53.3 Å². The Kier molecular flexibility index (Phi) is 3.02. The van der Waals surface area contributed by atoms with Crippen LogP contribution in [0.2, 0.25) is 0 Å². The van der Waals surface area contributed by atoms with Gasteiger partial charge in [-0.3, -0.25) is 4.79 Å². The van der Waals surface area contributed by atoms with Crippen LogP contribution in [-0.4, -0.2) is 11.0 Å². The predicted molar refractivity (Wildman–Crippen MR) is 66.8 cm³/mol. The Bertz CT molecular complexity index is 623. The molecule has 0 unspecified atom stereocenters. The molecule has 0 saturated carbocycles. The Morgan fingerprint density at radius 1 is 1.28 bits per heavy atom. The first-order valence-corrected chi connectivity index (χ1v) is 5.39. The number of amides is 1. The van der Waals surface area contributed by atoms with E-state index in [2.05, 4.69) is 0 Å². The molecule has 0 fully saturated rings. The van der Waals surface area contributed by atoms with Gasteiger partial charge in [0.1, 0.15) is 11.6 Å². The summed E-state index contributed by atoms with van der Waals surface area (Å²) in [6.07, 6.45) is 0. The number of carbonyl (C=O) groups is 1. The average molecular weight is 245 g/mol. The van der Waals surface area contributed by atoms with Crippen LogP contribution in [0.3, 0.4) is 0 Å². The van der Waals surface area contributed by atoms with Gasteiger partial charge in [0.25, 0.3) is 5.91 Å². The highest BCUT2D eigenvalue weighted by atomic mass is 19.1. The monoisotopic (exact) mass is 245 g/mol. The fourth-order valence-corrected chi connectivity index (χ4v) is 1.77. The number of primary amides is 1. The molecule has 2 aromatic rings. The molecule has 0 radical (unpaired) electrons. The zero-order valence-electron chi connectivity index (χ0n) is 9.77. The van der Waals surface area contributed by atoms with Crippen LogP contribution in [0.15, 0.2) is 36.4 Å². The summed E-state index contributed by atoms with van der Waals surface area (Å²) in [6, 6.07) is 9.25. The third-order valence-corrected chi connectivity index (χ3v) is 2.76. The number of aryl methyl sites for hydroxylation is 1. The number of halogens is 1. The molecule has 3 nitrogen and oxygen atoms in total. The maximum Gasteiger partial charge on any atom is 0.252 e. The molecule has 0 aliphatic heterocycles. The highest BCUT2D eigenvalue weighted by Gasteiger charge is 2.12. The number of aromatic hydroxyl groups is 1. The fourth-order valence-electron chi connectivity index (χ4n) is 1.77. The Morgan fingerprint density at radius 2 is 2.00 bits per heavy atom. The van der Waals surface area contributed by atoms with Gasteiger partial charge in [0.2, 0.25) is 0 Å². The molecule has 2 rings (SSSR count). The lowest BCUT2D eigenvalue weighted by Crippen LogP contribution is -2.11. The summed E-state index contributed by atoms with van der Waals surface area (Å²) >= 11 is 0. The van der Waals surface area contributed by atoms with Crippen molar-refractivity contribution in [2.75, 3.05) is 0 Å². The van der Waals surface area contributed by atoms with Crippen molar-refractivity contribution in [1.29, 1.82) is 0 Å². The van der Waals surface area contributed by atoms with E-state index in [0.29, 0.717) is 16.7 Å². The lowest BCUT2D eigenvalue weighted by molar-refractivity contribution is 0.0998. The van der Waals surface area contributed by atoms with E-state index in [1.54, 1.807) is 31.2 Å². The van der Waals surface area contributed by atoms with E-state index >= 15 is 0 Å². The van der Waals surface area contributed by atoms with Crippen molar-refractivity contribution >= 4 is 5.91 Å². The van der Waals surface area contributed by atoms with Crippen LogP contribution in [0.5, 0.6) is 5.75 Å². The van der Waals surface area contributed by atoms with E-state index in [1.165, 1.54) is 12.1 Å². The number of hydrogen-bond donors (Lipinski definition) is 2. The van der Waals surface area contributed by atoms with Gasteiger partial charge in [-0.15, -0.1) is 0 Å². The van der Waals surface area contributed by atoms with Crippen molar-refractivity contribution in [1.82, 2.24) is 0 Å². The van der Waals surface area contributed by atoms with Crippen LogP contribution < -0.4 is 5.73 Å². The van der Waals surface area contributed by atoms with Gasteiger partial charge in [-0.05, 0) is 30.2 Å². The van der Waals surface area contributed by atoms with E-state index < -0.39 is 5.91 Å². The largest absolute Gasteiger partial charge is 0.507 e. The predicted octanol–water partition coefficient (Wildman–Crippen LogP) is 2.61. The van der Waals surface area contributed by atoms with Gasteiger partial charge in [0.15, 0.2) is 0 Å². The molecule has 2 aromatic carbocycles. The molecule has 0 atom stereocenters. The molecule has 92 valence electrons. The summed E-state index contributed by atoms with van der Waals surface area (Å²) in [7, 11) is 0. The molecular formula is C14H12FNO2. The second kappa shape index (κ2) is 4.49. The fraction of sp³-hybridized carbons (Fsp3) is 0.0714. The molecule has 18 heavy (non-hydrogen) atoms. The lowest BCUT2D eigenvalue weighted by Gasteiger charge is -2.08. The topological polar surface area (TPSA) is 63.3 Å². The summed E-state index contributed by atoms with van der Waals surface area (Å²) in [5, 5.41) is 9.48. The van der Waals surface area contributed by atoms with Gasteiger partial charge in [-0.25, -0.2) is 4.39 Å². The minimum atomic E-state index is -0.748. The molecule has 0 aliphatic carbocycles. The Balaban J connectivity index is 2.62. The second-order valence-electron chi connectivity index (χ2n) is 4.03. The van der Waals surface area contributed by atoms with E-state index in [9.17, 15) is 14.3 Å². The first kappa shape index (κ1) is 12.1. The Hall–Kier alpha value is -2.36. The zero-order chi connectivity index (χ0) is 13.3. The summed E-state index contributed by atoms with van der Waals surface area (Å²) < 4.78 is 13.9. The number of hydrogen-bond acceptors (Lipinski definition) is 2. The number of rotatable bonds is 2. The quantitative estimate of drug-likeness (QED) is 0.854. The van der Waals surface area contributed by atoms with E-state index in [4.69, 9.17) is 5.73 Å². The smallest absolute Gasteiger partial charge is 0.252 e. The number of nitrogens with two attached hydrogens (primary N) is 1. The summed E-state index contributed by atoms with van der Waals surface area (Å²) in [6.45, 7) is 1.66. The Morgan fingerprint density at radius 3 is 2.67 bits per heavy atom. The lowest BCUT2D eigenvalue weighted by atomic mass is 10.00. The standard InChI is InChI=1S/C14H12FNO2/c1-8-3-2-4-10(13(8)15)9-5-6-12(17)11(7-9)14(16)18/h2-7,17H,1H3,(H2,16,18). The van der Waals surface area contributed by atoms with Gasteiger partial charge < -0.3 is 10.8 Å². The summed E-state index contributed by atoms with van der Waals surface area (Å²) in [5.74, 6) is -1.31. The third kappa shape index (κ3) is 2.05. The van der Waals surface area contributed by atoms with Crippen LogP contribution in [0.1, 0.15) is 15.9 Å². The average Bonchev–Trinajstić information content (AvgIpc) is 2.33. The minimum absolute atomic E-state index is 0.0200. The number of carbonyl (C=O) groups excluding carboxylic acids is 1. The van der Waals surface area contributed by atoms with Crippen molar-refractivity contribution in [2.45, 2.75) is 6.92 Å². The van der Waals surface area contributed by atoms with Gasteiger partial charge in [-0.1, -0.05) is 24.3 Å².